The van der Waals surface area contributed by atoms with Gasteiger partial charge < -0.3 is 31.7 Å². The predicted octanol–water partition coefficient (Wildman–Crippen LogP) is 3.18. The Hall–Kier alpha value is -3.02. The average Bonchev–Trinajstić information content (AvgIpc) is 3.05. The van der Waals surface area contributed by atoms with Gasteiger partial charge in [0, 0.05) is 30.6 Å². The molecule has 3 heterocycles. The van der Waals surface area contributed by atoms with Crippen LogP contribution in [0.15, 0.2) is 45.6 Å². The first-order valence-corrected chi connectivity index (χ1v) is 12.9. The molecule has 1 fully saturated rings. The largest absolute Gasteiger partial charge is 0.509 e. The second kappa shape index (κ2) is 10.2. The van der Waals surface area contributed by atoms with Crippen LogP contribution in [0, 0.1) is 0 Å². The van der Waals surface area contributed by atoms with Crippen LogP contribution in [0.25, 0.3) is 0 Å². The number of rotatable bonds is 6. The molecule has 0 aliphatic carbocycles. The second-order valence-corrected chi connectivity index (χ2v) is 10.7. The lowest BCUT2D eigenvalue weighted by molar-refractivity contribution is -0.127. The fourth-order valence-corrected chi connectivity index (χ4v) is 5.39. The second-order valence-electron chi connectivity index (χ2n) is 9.33. The number of nitrogen functional groups attached to an aromatic ring is 1. The van der Waals surface area contributed by atoms with Gasteiger partial charge in [0.25, 0.3) is 11.8 Å². The summed E-state index contributed by atoms with van der Waals surface area (Å²) in [6.07, 6.45) is 3.88. The number of amides is 2. The number of hydrogen-bond donors (Lipinski definition) is 4. The zero-order valence-corrected chi connectivity index (χ0v) is 22.0. The quantitative estimate of drug-likeness (QED) is 0.412. The SMILES string of the molecule is CCC1C(O)=C(C(=O)Nc2cccc(Sc3ncc(N4CCC(C)(N)CC4)nc3N)c2Cl)C(=O)N1C. The maximum Gasteiger partial charge on any atom is 0.264 e. The van der Waals surface area contributed by atoms with Gasteiger partial charge in [-0.2, -0.15) is 0 Å². The zero-order valence-electron chi connectivity index (χ0n) is 20.4. The van der Waals surface area contributed by atoms with Crippen LogP contribution in [-0.2, 0) is 9.59 Å². The molecule has 2 amide bonds. The number of halogens is 1. The number of likely N-dealkylation sites (N-methyl/N-ethyl adjacent to an activating group) is 1. The Balaban J connectivity index is 1.50. The number of aromatic nitrogens is 2. The van der Waals surface area contributed by atoms with Crippen LogP contribution < -0.4 is 21.7 Å². The molecule has 1 atom stereocenters. The Kier molecular flexibility index (Phi) is 7.35. The van der Waals surface area contributed by atoms with E-state index >= 15 is 0 Å². The van der Waals surface area contributed by atoms with E-state index in [1.165, 1.54) is 16.7 Å². The molecular weight excluding hydrogens is 502 g/mol. The summed E-state index contributed by atoms with van der Waals surface area (Å²) in [7, 11) is 1.55. The molecule has 6 N–H and O–H groups in total. The molecule has 1 saturated heterocycles. The first-order valence-electron chi connectivity index (χ1n) is 11.7. The highest BCUT2D eigenvalue weighted by Gasteiger charge is 2.40. The Morgan fingerprint density at radius 1 is 1.36 bits per heavy atom. The van der Waals surface area contributed by atoms with E-state index in [1.54, 1.807) is 31.4 Å². The molecule has 0 spiro atoms. The topological polar surface area (TPSA) is 151 Å². The van der Waals surface area contributed by atoms with Crippen LogP contribution in [0.3, 0.4) is 0 Å². The predicted molar refractivity (Wildman–Crippen MR) is 141 cm³/mol. The summed E-state index contributed by atoms with van der Waals surface area (Å²) in [5.41, 5.74) is 12.3. The van der Waals surface area contributed by atoms with Gasteiger partial charge >= 0.3 is 0 Å². The number of anilines is 3. The molecule has 192 valence electrons. The molecule has 36 heavy (non-hydrogen) atoms. The van der Waals surface area contributed by atoms with Crippen molar-refractivity contribution in [3.8, 4) is 0 Å². The van der Waals surface area contributed by atoms with Crippen molar-refractivity contribution >= 4 is 52.5 Å². The van der Waals surface area contributed by atoms with Crippen molar-refractivity contribution in [2.24, 2.45) is 5.73 Å². The minimum absolute atomic E-state index is 0.170. The lowest BCUT2D eigenvalue weighted by Crippen LogP contribution is -2.48. The number of aliphatic hydroxyl groups is 1. The maximum absolute atomic E-state index is 12.8. The molecule has 2 aliphatic rings. The summed E-state index contributed by atoms with van der Waals surface area (Å²) in [4.78, 5) is 38.4. The van der Waals surface area contributed by atoms with Gasteiger partial charge in [-0.15, -0.1) is 0 Å². The third-order valence-electron chi connectivity index (χ3n) is 6.59. The normalized spacial score (nSPS) is 19.7. The van der Waals surface area contributed by atoms with Crippen molar-refractivity contribution in [2.45, 2.75) is 54.6 Å². The molecule has 10 nitrogen and oxygen atoms in total. The summed E-state index contributed by atoms with van der Waals surface area (Å²) in [6, 6.07) is 4.57. The Morgan fingerprint density at radius 3 is 2.67 bits per heavy atom. The van der Waals surface area contributed by atoms with Crippen LogP contribution in [-0.4, -0.2) is 63.5 Å². The van der Waals surface area contributed by atoms with Gasteiger partial charge in [-0.3, -0.25) is 9.59 Å². The van der Waals surface area contributed by atoms with E-state index in [1.807, 2.05) is 6.92 Å². The molecule has 1 unspecified atom stereocenters. The van der Waals surface area contributed by atoms with Crippen LogP contribution >= 0.6 is 23.4 Å². The lowest BCUT2D eigenvalue weighted by Gasteiger charge is -2.37. The molecular formula is C24H30ClN7O3S. The van der Waals surface area contributed by atoms with E-state index in [0.29, 0.717) is 27.8 Å². The zero-order chi connectivity index (χ0) is 26.2. The molecule has 0 saturated carbocycles. The summed E-state index contributed by atoms with van der Waals surface area (Å²) < 4.78 is 0. The van der Waals surface area contributed by atoms with E-state index in [9.17, 15) is 14.7 Å². The van der Waals surface area contributed by atoms with Crippen LogP contribution in [0.1, 0.15) is 33.1 Å². The molecule has 1 aromatic heterocycles. The van der Waals surface area contributed by atoms with Crippen molar-refractivity contribution in [2.75, 3.05) is 36.1 Å². The Labute approximate surface area is 219 Å². The molecule has 0 radical (unpaired) electrons. The number of nitrogens with zero attached hydrogens (tertiary/aromatic N) is 4. The van der Waals surface area contributed by atoms with Gasteiger partial charge in [-0.25, -0.2) is 9.97 Å². The van der Waals surface area contributed by atoms with E-state index < -0.39 is 17.9 Å². The Bertz CT molecular complexity index is 1230. The molecule has 0 bridgehead atoms. The van der Waals surface area contributed by atoms with Crippen molar-refractivity contribution in [3.05, 3.63) is 40.8 Å². The van der Waals surface area contributed by atoms with Crippen molar-refractivity contribution in [1.82, 2.24) is 14.9 Å². The summed E-state index contributed by atoms with van der Waals surface area (Å²) in [5, 5.41) is 13.8. The number of hydrogen-bond acceptors (Lipinski definition) is 9. The lowest BCUT2D eigenvalue weighted by atomic mass is 9.91. The van der Waals surface area contributed by atoms with E-state index in [0.717, 1.165) is 25.9 Å². The highest BCUT2D eigenvalue weighted by Crippen LogP contribution is 2.39. The van der Waals surface area contributed by atoms with Gasteiger partial charge in [-0.1, -0.05) is 36.4 Å². The average molecular weight is 532 g/mol. The minimum atomic E-state index is -0.719. The van der Waals surface area contributed by atoms with Gasteiger partial charge in [0.1, 0.15) is 22.2 Å². The summed E-state index contributed by atoms with van der Waals surface area (Å²) in [5.74, 6) is -0.528. The minimum Gasteiger partial charge on any atom is -0.509 e. The molecule has 4 rings (SSSR count). The molecule has 12 heteroatoms. The van der Waals surface area contributed by atoms with E-state index in [-0.39, 0.29) is 27.7 Å². The first-order chi connectivity index (χ1) is 17.0. The number of nitrogens with two attached hydrogens (primary N) is 2. The van der Waals surface area contributed by atoms with Crippen molar-refractivity contribution < 1.29 is 14.7 Å². The van der Waals surface area contributed by atoms with Gasteiger partial charge in [0.2, 0.25) is 0 Å². The highest BCUT2D eigenvalue weighted by atomic mass is 35.5. The van der Waals surface area contributed by atoms with E-state index in [4.69, 9.17) is 23.1 Å². The van der Waals surface area contributed by atoms with Gasteiger partial charge in [-0.05, 0) is 38.3 Å². The number of aliphatic hydroxyl groups excluding tert-OH is 1. The number of carbonyl (C=O) groups excluding carboxylic acids is 2. The van der Waals surface area contributed by atoms with Crippen LogP contribution in [0.2, 0.25) is 5.02 Å². The number of carbonyl (C=O) groups is 2. The van der Waals surface area contributed by atoms with Crippen molar-refractivity contribution in [3.63, 3.8) is 0 Å². The number of nitrogens with one attached hydrogen (secondary N) is 1. The molecule has 2 aliphatic heterocycles. The maximum atomic E-state index is 12.8. The first kappa shape index (κ1) is 26.1. The fraction of sp³-hybridized carbons (Fsp3) is 0.417. The highest BCUT2D eigenvalue weighted by molar-refractivity contribution is 7.99. The summed E-state index contributed by atoms with van der Waals surface area (Å²) in [6.45, 7) is 5.44. The smallest absolute Gasteiger partial charge is 0.264 e. The number of piperidine rings is 1. The van der Waals surface area contributed by atoms with Crippen LogP contribution in [0.4, 0.5) is 17.3 Å². The monoisotopic (exact) mass is 531 g/mol. The van der Waals surface area contributed by atoms with Crippen molar-refractivity contribution in [1.29, 1.82) is 0 Å². The van der Waals surface area contributed by atoms with Gasteiger partial charge in [0.15, 0.2) is 5.82 Å². The third kappa shape index (κ3) is 5.09. The Morgan fingerprint density at radius 2 is 2.06 bits per heavy atom. The van der Waals surface area contributed by atoms with E-state index in [2.05, 4.69) is 27.1 Å². The molecule has 1 aromatic carbocycles. The number of benzene rings is 1. The molecule has 2 aromatic rings. The van der Waals surface area contributed by atoms with Gasteiger partial charge in [0.05, 0.1) is 22.9 Å². The fourth-order valence-electron chi connectivity index (χ4n) is 4.29. The van der Waals surface area contributed by atoms with Crippen LogP contribution in [0.5, 0.6) is 0 Å². The standard InChI is InChI=1S/C24H30ClN7O3S/c1-4-14-19(33)17(23(35)31(14)3)21(34)29-13-6-5-7-15(18(13)25)36-22-20(26)30-16(12-28-22)32-10-8-24(2,27)9-11-32/h5-7,12,14,33H,4,8-11,27H2,1-3H3,(H2,26,30)(H,29,34). The third-order valence-corrected chi connectivity index (χ3v) is 8.17. The summed E-state index contributed by atoms with van der Waals surface area (Å²) >= 11 is 7.80.